The molecule has 1 aromatic rings. The molecule has 76 valence electrons. The molecule has 0 saturated carbocycles. The molecule has 1 aliphatic heterocycles. The Kier molecular flexibility index (Phi) is 2.48. The topological polar surface area (TPSA) is 59.3 Å². The maximum atomic E-state index is 10.7. The lowest BCUT2D eigenvalue weighted by Crippen LogP contribution is -1.94. The largest absolute Gasteiger partial charge is 0.453 e. The number of fused-ring (bicyclic) bond motifs is 1. The number of carbonyl (C=O) groups excluding carboxylic acids is 1. The van der Waals surface area contributed by atoms with E-state index < -0.39 is 0 Å². The van der Waals surface area contributed by atoms with Gasteiger partial charge in [-0.25, -0.2) is 0 Å². The van der Waals surface area contributed by atoms with Crippen molar-refractivity contribution < 1.29 is 14.3 Å². The summed E-state index contributed by atoms with van der Waals surface area (Å²) < 4.78 is 10.3. The first-order valence-corrected chi connectivity index (χ1v) is 4.58. The quantitative estimate of drug-likeness (QED) is 0.719. The first-order chi connectivity index (χ1) is 7.27. The standard InChI is InChI=1S/C10H6ClNO3/c11-8-3-6(4-13)9-10(15-5-14-9)7(8)1-2-12/h3-4H,1,5H2. The molecule has 4 nitrogen and oxygen atoms in total. The summed E-state index contributed by atoms with van der Waals surface area (Å²) in [5, 5.41) is 8.98. The Morgan fingerprint density at radius 1 is 1.53 bits per heavy atom. The molecule has 0 aromatic heterocycles. The second-order valence-corrected chi connectivity index (χ2v) is 3.35. The fraction of sp³-hybridized carbons (Fsp3) is 0.200. The van der Waals surface area contributed by atoms with Crippen LogP contribution in [0.4, 0.5) is 0 Å². The lowest BCUT2D eigenvalue weighted by Gasteiger charge is -2.06. The number of hydrogen-bond acceptors (Lipinski definition) is 4. The van der Waals surface area contributed by atoms with Gasteiger partial charge in [0.1, 0.15) is 0 Å². The predicted molar refractivity (Wildman–Crippen MR) is 52.3 cm³/mol. The van der Waals surface area contributed by atoms with Crippen LogP contribution in [-0.4, -0.2) is 13.1 Å². The molecule has 0 amide bonds. The highest BCUT2D eigenvalue weighted by molar-refractivity contribution is 6.32. The number of benzene rings is 1. The summed E-state index contributed by atoms with van der Waals surface area (Å²) in [6.45, 7) is 0.0505. The SMILES string of the molecule is N#CCc1c(Cl)cc(C=O)c2c1OCO2. The van der Waals surface area contributed by atoms with E-state index in [4.69, 9.17) is 26.3 Å². The molecule has 0 N–H and O–H groups in total. The molecule has 0 bridgehead atoms. The van der Waals surface area contributed by atoms with Crippen LogP contribution in [0.1, 0.15) is 15.9 Å². The average Bonchev–Trinajstić information content (AvgIpc) is 2.70. The van der Waals surface area contributed by atoms with Crippen LogP contribution in [0.2, 0.25) is 5.02 Å². The van der Waals surface area contributed by atoms with Crippen LogP contribution in [-0.2, 0) is 6.42 Å². The van der Waals surface area contributed by atoms with Crippen LogP contribution in [0.15, 0.2) is 6.07 Å². The summed E-state index contributed by atoms with van der Waals surface area (Å²) in [6.07, 6.45) is 0.777. The van der Waals surface area contributed by atoms with Crippen LogP contribution >= 0.6 is 11.6 Å². The van der Waals surface area contributed by atoms with Crippen LogP contribution in [0.3, 0.4) is 0 Å². The zero-order chi connectivity index (χ0) is 10.8. The van der Waals surface area contributed by atoms with E-state index in [1.807, 2.05) is 6.07 Å². The van der Waals surface area contributed by atoms with E-state index in [0.717, 1.165) is 0 Å². The van der Waals surface area contributed by atoms with Crippen molar-refractivity contribution in [1.82, 2.24) is 0 Å². The third-order valence-electron chi connectivity index (χ3n) is 2.10. The molecule has 5 heteroatoms. The number of nitriles is 1. The minimum atomic E-state index is 0.0505. The zero-order valence-corrected chi connectivity index (χ0v) is 8.37. The summed E-state index contributed by atoms with van der Waals surface area (Å²) in [6, 6.07) is 3.46. The molecule has 1 aliphatic rings. The Morgan fingerprint density at radius 3 is 2.93 bits per heavy atom. The van der Waals surface area contributed by atoms with Crippen molar-refractivity contribution in [3.8, 4) is 17.6 Å². The number of aldehydes is 1. The normalized spacial score (nSPS) is 12.3. The molecule has 0 aliphatic carbocycles. The summed E-state index contributed by atoms with van der Waals surface area (Å²) in [5.74, 6) is 0.783. The van der Waals surface area contributed by atoms with Crippen molar-refractivity contribution >= 4 is 17.9 Å². The van der Waals surface area contributed by atoms with Gasteiger partial charge in [0, 0.05) is 10.6 Å². The third kappa shape index (κ3) is 1.51. The van der Waals surface area contributed by atoms with E-state index in [2.05, 4.69) is 0 Å². The summed E-state index contributed by atoms with van der Waals surface area (Å²) in [7, 11) is 0. The number of halogens is 1. The van der Waals surface area contributed by atoms with E-state index in [-0.39, 0.29) is 13.2 Å². The highest BCUT2D eigenvalue weighted by atomic mass is 35.5. The summed E-state index contributed by atoms with van der Waals surface area (Å²) in [5.41, 5.74) is 0.909. The van der Waals surface area contributed by atoms with Gasteiger partial charge in [-0.2, -0.15) is 5.26 Å². The van der Waals surface area contributed by atoms with Gasteiger partial charge in [0.15, 0.2) is 17.8 Å². The molecular weight excluding hydrogens is 218 g/mol. The van der Waals surface area contributed by atoms with Gasteiger partial charge in [-0.05, 0) is 6.07 Å². The first-order valence-electron chi connectivity index (χ1n) is 4.21. The maximum Gasteiger partial charge on any atom is 0.231 e. The Morgan fingerprint density at radius 2 is 2.27 bits per heavy atom. The van der Waals surface area contributed by atoms with Gasteiger partial charge in [0.05, 0.1) is 18.1 Å². The van der Waals surface area contributed by atoms with Crippen LogP contribution in [0, 0.1) is 11.3 Å². The fourth-order valence-corrected chi connectivity index (χ4v) is 1.72. The number of carbonyl (C=O) groups is 1. The molecule has 0 atom stereocenters. The highest BCUT2D eigenvalue weighted by Crippen LogP contribution is 2.42. The number of rotatable bonds is 2. The molecule has 1 aromatic carbocycles. The van der Waals surface area contributed by atoms with Crippen LogP contribution < -0.4 is 9.47 Å². The van der Waals surface area contributed by atoms with E-state index in [9.17, 15) is 4.79 Å². The molecule has 0 unspecified atom stereocenters. The van der Waals surface area contributed by atoms with Crippen molar-refractivity contribution in [1.29, 1.82) is 5.26 Å². The molecule has 0 fully saturated rings. The van der Waals surface area contributed by atoms with Crippen molar-refractivity contribution in [2.24, 2.45) is 0 Å². The lowest BCUT2D eigenvalue weighted by atomic mass is 10.1. The number of nitrogens with zero attached hydrogens (tertiary/aromatic N) is 1. The molecule has 0 saturated heterocycles. The van der Waals surface area contributed by atoms with Gasteiger partial charge >= 0.3 is 0 Å². The van der Waals surface area contributed by atoms with Crippen molar-refractivity contribution in [2.45, 2.75) is 6.42 Å². The number of ether oxygens (including phenoxy) is 2. The predicted octanol–water partition coefficient (Wildman–Crippen LogP) is 1.95. The van der Waals surface area contributed by atoms with Gasteiger partial charge < -0.3 is 9.47 Å². The molecular formula is C10H6ClNO3. The first kappa shape index (κ1) is 9.81. The Bertz CT molecular complexity index is 465. The molecule has 0 spiro atoms. The van der Waals surface area contributed by atoms with Crippen molar-refractivity contribution in [3.63, 3.8) is 0 Å². The van der Waals surface area contributed by atoms with Crippen LogP contribution in [0.5, 0.6) is 11.5 Å². The Hall–Kier alpha value is -1.73. The molecule has 0 radical (unpaired) electrons. The Labute approximate surface area is 91.0 Å². The second-order valence-electron chi connectivity index (χ2n) is 2.94. The van der Waals surface area contributed by atoms with E-state index in [0.29, 0.717) is 33.9 Å². The van der Waals surface area contributed by atoms with E-state index in [1.54, 1.807) is 0 Å². The van der Waals surface area contributed by atoms with Gasteiger partial charge in [-0.3, -0.25) is 4.79 Å². The molecule has 2 rings (SSSR count). The van der Waals surface area contributed by atoms with Gasteiger partial charge in [0.25, 0.3) is 0 Å². The summed E-state index contributed by atoms with van der Waals surface area (Å²) >= 11 is 5.93. The van der Waals surface area contributed by atoms with Crippen molar-refractivity contribution in [2.75, 3.05) is 6.79 Å². The highest BCUT2D eigenvalue weighted by Gasteiger charge is 2.24. The minimum Gasteiger partial charge on any atom is -0.453 e. The maximum absolute atomic E-state index is 10.7. The lowest BCUT2D eigenvalue weighted by molar-refractivity contribution is 0.111. The van der Waals surface area contributed by atoms with E-state index >= 15 is 0 Å². The number of hydrogen-bond donors (Lipinski definition) is 0. The van der Waals surface area contributed by atoms with Gasteiger partial charge in [-0.15, -0.1) is 0 Å². The smallest absolute Gasteiger partial charge is 0.231 e. The summed E-state index contributed by atoms with van der Waals surface area (Å²) in [4.78, 5) is 10.7. The van der Waals surface area contributed by atoms with E-state index in [1.165, 1.54) is 6.07 Å². The zero-order valence-electron chi connectivity index (χ0n) is 7.62. The van der Waals surface area contributed by atoms with Gasteiger partial charge in [-0.1, -0.05) is 11.6 Å². The average molecular weight is 224 g/mol. The molecule has 1 heterocycles. The second kappa shape index (κ2) is 3.79. The Balaban J connectivity index is 2.64. The molecule has 15 heavy (non-hydrogen) atoms. The fourth-order valence-electron chi connectivity index (χ4n) is 1.45. The van der Waals surface area contributed by atoms with Crippen LogP contribution in [0.25, 0.3) is 0 Å². The minimum absolute atomic E-state index is 0.0505. The van der Waals surface area contributed by atoms with Gasteiger partial charge in [0.2, 0.25) is 6.79 Å². The van der Waals surface area contributed by atoms with Crippen molar-refractivity contribution in [3.05, 3.63) is 22.2 Å². The third-order valence-corrected chi connectivity index (χ3v) is 2.44. The monoisotopic (exact) mass is 223 g/mol.